The van der Waals surface area contributed by atoms with E-state index >= 15 is 0 Å². The van der Waals surface area contributed by atoms with Gasteiger partial charge in [-0.1, -0.05) is 30.3 Å². The third-order valence-corrected chi connectivity index (χ3v) is 7.18. The molecule has 3 aliphatic heterocycles. The number of hydrogen-bond acceptors (Lipinski definition) is 7. The first-order chi connectivity index (χ1) is 18.6. The molecule has 1 saturated heterocycles. The van der Waals surface area contributed by atoms with E-state index in [1.54, 1.807) is 15.5 Å². The van der Waals surface area contributed by atoms with Gasteiger partial charge in [-0.05, 0) is 45.2 Å². The highest BCUT2D eigenvalue weighted by Crippen LogP contribution is 2.39. The highest BCUT2D eigenvalue weighted by molar-refractivity contribution is 6.09. The Hall–Kier alpha value is -3.86. The summed E-state index contributed by atoms with van der Waals surface area (Å²) in [6, 6.07) is 12.1. The maximum Gasteiger partial charge on any atom is 0.415 e. The fraction of sp³-hybridized carbons (Fsp3) is 0.500. The molecule has 5 rings (SSSR count). The van der Waals surface area contributed by atoms with Gasteiger partial charge in [0.15, 0.2) is 0 Å². The lowest BCUT2D eigenvalue weighted by Gasteiger charge is -2.34. The van der Waals surface area contributed by atoms with Crippen molar-refractivity contribution >= 4 is 29.6 Å². The lowest BCUT2D eigenvalue weighted by atomic mass is 10.0. The SMILES string of the molecule is CC(C)(C)OC(=O)NC1CCN(CC2CN3C(=O)CN(C(=O)OCc4ccccc4)c4ccc(=O)n2c43)CC1. The molecular weight excluding hydrogens is 502 g/mol. The van der Waals surface area contributed by atoms with Crippen LogP contribution in [0.25, 0.3) is 0 Å². The van der Waals surface area contributed by atoms with E-state index in [9.17, 15) is 19.2 Å². The summed E-state index contributed by atoms with van der Waals surface area (Å²) >= 11 is 0. The Balaban J connectivity index is 1.25. The summed E-state index contributed by atoms with van der Waals surface area (Å²) in [6.45, 7) is 7.88. The maximum absolute atomic E-state index is 13.1. The van der Waals surface area contributed by atoms with Gasteiger partial charge in [-0.2, -0.15) is 0 Å². The van der Waals surface area contributed by atoms with Crippen LogP contribution in [0.2, 0.25) is 0 Å². The van der Waals surface area contributed by atoms with Crippen LogP contribution in [0.5, 0.6) is 0 Å². The van der Waals surface area contributed by atoms with Gasteiger partial charge in [0.1, 0.15) is 24.6 Å². The number of nitrogens with zero attached hydrogens (tertiary/aromatic N) is 4. The molecule has 1 fully saturated rings. The highest BCUT2D eigenvalue weighted by Gasteiger charge is 2.43. The van der Waals surface area contributed by atoms with Crippen LogP contribution >= 0.6 is 0 Å². The molecule has 39 heavy (non-hydrogen) atoms. The van der Waals surface area contributed by atoms with Crippen molar-refractivity contribution in [2.75, 3.05) is 42.5 Å². The van der Waals surface area contributed by atoms with E-state index in [1.165, 1.54) is 11.0 Å². The summed E-state index contributed by atoms with van der Waals surface area (Å²) in [7, 11) is 0. The molecule has 4 heterocycles. The lowest BCUT2D eigenvalue weighted by Crippen LogP contribution is -2.48. The minimum atomic E-state index is -0.628. The number of amides is 3. The quantitative estimate of drug-likeness (QED) is 0.624. The Labute approximate surface area is 227 Å². The highest BCUT2D eigenvalue weighted by atomic mass is 16.6. The topological polar surface area (TPSA) is 113 Å². The van der Waals surface area contributed by atoms with E-state index in [4.69, 9.17) is 9.47 Å². The molecule has 1 unspecified atom stereocenters. The number of carbonyl (C=O) groups is 3. The summed E-state index contributed by atoms with van der Waals surface area (Å²) in [5, 5.41) is 2.94. The summed E-state index contributed by atoms with van der Waals surface area (Å²) in [6.07, 6.45) is 0.481. The monoisotopic (exact) mass is 537 g/mol. The number of piperidine rings is 1. The van der Waals surface area contributed by atoms with Gasteiger partial charge in [0.05, 0.1) is 11.7 Å². The molecule has 11 nitrogen and oxygen atoms in total. The van der Waals surface area contributed by atoms with E-state index in [2.05, 4.69) is 10.2 Å². The average Bonchev–Trinajstić information content (AvgIpc) is 3.27. The molecule has 1 aromatic carbocycles. The number of anilines is 2. The molecule has 208 valence electrons. The number of nitrogens with one attached hydrogen (secondary N) is 1. The summed E-state index contributed by atoms with van der Waals surface area (Å²) < 4.78 is 12.5. The zero-order chi connectivity index (χ0) is 27.7. The Kier molecular flexibility index (Phi) is 7.35. The second kappa shape index (κ2) is 10.7. The number of rotatable bonds is 5. The third-order valence-electron chi connectivity index (χ3n) is 7.18. The second-order valence-corrected chi connectivity index (χ2v) is 11.3. The first-order valence-corrected chi connectivity index (χ1v) is 13.3. The van der Waals surface area contributed by atoms with Gasteiger partial charge in [-0.25, -0.2) is 9.59 Å². The van der Waals surface area contributed by atoms with Crippen LogP contribution in [-0.4, -0.2) is 71.9 Å². The van der Waals surface area contributed by atoms with Crippen LogP contribution in [0.1, 0.15) is 45.2 Å². The van der Waals surface area contributed by atoms with Crippen molar-refractivity contribution in [2.24, 2.45) is 0 Å². The number of ether oxygens (including phenoxy) is 2. The van der Waals surface area contributed by atoms with Crippen molar-refractivity contribution in [3.05, 3.63) is 58.4 Å². The fourth-order valence-electron chi connectivity index (χ4n) is 5.40. The number of hydrogen-bond donors (Lipinski definition) is 1. The van der Waals surface area contributed by atoms with Crippen molar-refractivity contribution in [1.82, 2.24) is 14.8 Å². The molecule has 0 saturated carbocycles. The Morgan fingerprint density at radius 2 is 1.74 bits per heavy atom. The number of carbonyl (C=O) groups excluding carboxylic acids is 3. The number of likely N-dealkylation sites (tertiary alicyclic amines) is 1. The number of benzene rings is 1. The van der Waals surface area contributed by atoms with Gasteiger partial charge in [0.25, 0.3) is 5.56 Å². The minimum Gasteiger partial charge on any atom is -0.444 e. The summed E-state index contributed by atoms with van der Waals surface area (Å²) in [5.41, 5.74) is 0.578. The van der Waals surface area contributed by atoms with Gasteiger partial charge < -0.3 is 19.7 Å². The smallest absolute Gasteiger partial charge is 0.415 e. The molecule has 3 aliphatic rings. The second-order valence-electron chi connectivity index (χ2n) is 11.3. The van der Waals surface area contributed by atoms with Crippen LogP contribution in [0.3, 0.4) is 0 Å². The van der Waals surface area contributed by atoms with Crippen molar-refractivity contribution in [3.63, 3.8) is 0 Å². The Morgan fingerprint density at radius 3 is 2.44 bits per heavy atom. The molecule has 11 heteroatoms. The van der Waals surface area contributed by atoms with E-state index in [0.717, 1.165) is 31.5 Å². The molecule has 0 spiro atoms. The molecule has 2 aromatic rings. The van der Waals surface area contributed by atoms with Crippen LogP contribution in [0, 0.1) is 0 Å². The van der Waals surface area contributed by atoms with E-state index in [0.29, 0.717) is 24.6 Å². The van der Waals surface area contributed by atoms with E-state index < -0.39 is 17.8 Å². The van der Waals surface area contributed by atoms with Gasteiger partial charge in [0.2, 0.25) is 5.91 Å². The van der Waals surface area contributed by atoms with Crippen molar-refractivity contribution in [3.8, 4) is 0 Å². The molecule has 0 aliphatic carbocycles. The van der Waals surface area contributed by atoms with Gasteiger partial charge in [0, 0.05) is 38.3 Å². The molecule has 3 amide bonds. The minimum absolute atomic E-state index is 0.0249. The number of alkyl carbamates (subject to hydrolysis) is 1. The normalized spacial score (nSPS) is 19.6. The van der Waals surface area contributed by atoms with Gasteiger partial charge >= 0.3 is 12.2 Å². The molecule has 0 bridgehead atoms. The van der Waals surface area contributed by atoms with E-state index in [1.807, 2.05) is 51.1 Å². The van der Waals surface area contributed by atoms with E-state index in [-0.39, 0.29) is 36.7 Å². The van der Waals surface area contributed by atoms with Crippen LogP contribution < -0.4 is 20.7 Å². The Morgan fingerprint density at radius 1 is 1.03 bits per heavy atom. The Bertz CT molecular complexity index is 1300. The predicted molar refractivity (Wildman–Crippen MR) is 145 cm³/mol. The molecular formula is C28H35N5O6. The van der Waals surface area contributed by atoms with Crippen LogP contribution in [0.15, 0.2) is 47.3 Å². The summed E-state index contributed by atoms with van der Waals surface area (Å²) in [5.74, 6) is 0.197. The van der Waals surface area contributed by atoms with Crippen molar-refractivity contribution < 1.29 is 23.9 Å². The summed E-state index contributed by atoms with van der Waals surface area (Å²) in [4.78, 5) is 56.4. The molecule has 1 atom stereocenters. The fourth-order valence-corrected chi connectivity index (χ4v) is 5.40. The molecule has 1 aromatic heterocycles. The molecule has 1 N–H and O–H groups in total. The zero-order valence-electron chi connectivity index (χ0n) is 22.6. The van der Waals surface area contributed by atoms with Crippen molar-refractivity contribution in [1.29, 1.82) is 0 Å². The zero-order valence-corrected chi connectivity index (χ0v) is 22.6. The average molecular weight is 538 g/mol. The first kappa shape index (κ1) is 26.7. The van der Waals surface area contributed by atoms with Crippen molar-refractivity contribution in [2.45, 2.75) is 57.9 Å². The van der Waals surface area contributed by atoms with Crippen LogP contribution in [0.4, 0.5) is 21.1 Å². The van der Waals surface area contributed by atoms with Gasteiger partial charge in [-0.3, -0.25) is 24.0 Å². The predicted octanol–water partition coefficient (Wildman–Crippen LogP) is 2.88. The maximum atomic E-state index is 13.1. The lowest BCUT2D eigenvalue weighted by molar-refractivity contribution is -0.117. The van der Waals surface area contributed by atoms with Gasteiger partial charge in [-0.15, -0.1) is 0 Å². The largest absolute Gasteiger partial charge is 0.444 e. The molecule has 0 radical (unpaired) electrons. The number of pyridine rings is 1. The number of aromatic nitrogens is 1. The first-order valence-electron chi connectivity index (χ1n) is 13.3. The third kappa shape index (κ3) is 5.93. The standard InChI is InChI=1S/C28H35N5O6/c1-28(2,3)39-26(36)29-20-11-13-30(14-12-20)15-21-16-32-24(35)17-31(22-9-10-23(34)33(21)25(22)32)27(37)38-18-19-7-5-4-6-8-19/h4-10,20-21H,11-18H2,1-3H3,(H,29,36). The van der Waals surface area contributed by atoms with Crippen LogP contribution in [-0.2, 0) is 20.9 Å².